The second-order valence-electron chi connectivity index (χ2n) is 3.59. The van der Waals surface area contributed by atoms with E-state index in [1.54, 1.807) is 24.3 Å². The molecular weight excluding hydrogens is 278 g/mol. The van der Waals surface area contributed by atoms with E-state index in [9.17, 15) is 9.00 Å². The highest BCUT2D eigenvalue weighted by Crippen LogP contribution is 2.32. The summed E-state index contributed by atoms with van der Waals surface area (Å²) in [6.45, 7) is 0. The largest absolute Gasteiger partial charge is 0.460 e. The van der Waals surface area contributed by atoms with Gasteiger partial charge in [0.25, 0.3) is 0 Å². The Morgan fingerprint density at radius 1 is 1.39 bits per heavy atom. The second-order valence-corrected chi connectivity index (χ2v) is 5.00. The van der Waals surface area contributed by atoms with Crippen LogP contribution in [-0.2, 0) is 24.8 Å². The van der Waals surface area contributed by atoms with Gasteiger partial charge in [-0.2, -0.15) is 0 Å². The van der Waals surface area contributed by atoms with Crippen LogP contribution in [0.1, 0.15) is 11.7 Å². The molecule has 0 spiro atoms. The van der Waals surface area contributed by atoms with Crippen molar-refractivity contribution < 1.29 is 17.9 Å². The first-order valence-electron chi connectivity index (χ1n) is 4.97. The number of hydrogen-bond donors (Lipinski definition) is 1. The van der Waals surface area contributed by atoms with Crippen LogP contribution < -0.4 is 5.73 Å². The number of carbonyl (C=O) groups is 1. The van der Waals surface area contributed by atoms with Crippen molar-refractivity contribution in [3.8, 4) is 0 Å². The fourth-order valence-corrected chi connectivity index (χ4v) is 2.06. The Morgan fingerprint density at radius 3 is 2.56 bits per heavy atom. The number of rotatable bonds is 3. The summed E-state index contributed by atoms with van der Waals surface area (Å²) in [5.41, 5.74) is 6.13. The van der Waals surface area contributed by atoms with Crippen LogP contribution in [0.4, 0.5) is 0 Å². The molecule has 2 atom stereocenters. The molecule has 2 unspecified atom stereocenters. The van der Waals surface area contributed by atoms with E-state index in [-0.39, 0.29) is 11.6 Å². The molecule has 0 radical (unpaired) electrons. The van der Waals surface area contributed by atoms with E-state index >= 15 is 0 Å². The number of carbonyl (C=O) groups excluding carboxylic acids is 1. The van der Waals surface area contributed by atoms with E-state index in [0.717, 1.165) is 0 Å². The lowest BCUT2D eigenvalue weighted by atomic mass is 10.1. The van der Waals surface area contributed by atoms with Crippen LogP contribution in [0.2, 0.25) is 5.02 Å². The van der Waals surface area contributed by atoms with Crippen molar-refractivity contribution in [3.05, 3.63) is 46.5 Å². The second kappa shape index (κ2) is 4.99. The molecule has 0 amide bonds. The lowest BCUT2D eigenvalue weighted by Crippen LogP contribution is -2.12. The average molecular weight is 288 g/mol. The number of hydrogen-bond acceptors (Lipinski definition) is 5. The topological polar surface area (TPSA) is 78.6 Å². The minimum Gasteiger partial charge on any atom is -0.460 e. The van der Waals surface area contributed by atoms with Gasteiger partial charge in [-0.1, -0.05) is 23.7 Å². The van der Waals surface area contributed by atoms with Crippen LogP contribution in [0.25, 0.3) is 0 Å². The normalized spacial score (nSPS) is 20.8. The Bertz CT molecular complexity index is 540. The molecule has 7 heteroatoms. The van der Waals surface area contributed by atoms with Crippen molar-refractivity contribution in [2.75, 3.05) is 6.26 Å². The third-order valence-corrected chi connectivity index (χ3v) is 2.96. The van der Waals surface area contributed by atoms with Gasteiger partial charge in [0.2, 0.25) is 28.5 Å². The van der Waals surface area contributed by atoms with E-state index < -0.39 is 23.0 Å². The Morgan fingerprint density at radius 2 is 2.00 bits per heavy atom. The van der Waals surface area contributed by atoms with Gasteiger partial charge in [0.15, 0.2) is 6.10 Å². The van der Waals surface area contributed by atoms with Gasteiger partial charge in [0, 0.05) is 16.8 Å². The molecule has 5 nitrogen and oxygen atoms in total. The van der Waals surface area contributed by atoms with Crippen LogP contribution in [0.5, 0.6) is 0 Å². The standard InChI is InChI=1S/C11H10ClNO4S/c1-18(15)17-10-8(14)9(16-11(10)13)6-2-4-7(12)5-3-6/h2-5,9H,13H2,1H3. The predicted molar refractivity (Wildman–Crippen MR) is 66.6 cm³/mol. The molecule has 18 heavy (non-hydrogen) atoms. The average Bonchev–Trinajstić information content (AvgIpc) is 2.58. The SMILES string of the molecule is CS(=O)OC1=C(N)OC(c2ccc(Cl)cc2)C1=O. The van der Waals surface area contributed by atoms with E-state index in [2.05, 4.69) is 0 Å². The number of nitrogens with two attached hydrogens (primary N) is 1. The van der Waals surface area contributed by atoms with Gasteiger partial charge in [-0.25, -0.2) is 4.21 Å². The molecule has 1 heterocycles. The lowest BCUT2D eigenvalue weighted by molar-refractivity contribution is -0.123. The van der Waals surface area contributed by atoms with Crippen LogP contribution >= 0.6 is 11.6 Å². The van der Waals surface area contributed by atoms with Crippen molar-refractivity contribution in [3.63, 3.8) is 0 Å². The molecular formula is C11H10ClNO4S. The highest BCUT2D eigenvalue weighted by molar-refractivity contribution is 7.79. The zero-order chi connectivity index (χ0) is 13.3. The molecule has 2 rings (SSSR count). The third kappa shape index (κ3) is 2.49. The number of halogens is 1. The first kappa shape index (κ1) is 12.9. The number of benzene rings is 1. The van der Waals surface area contributed by atoms with Crippen molar-refractivity contribution in [2.24, 2.45) is 5.73 Å². The summed E-state index contributed by atoms with van der Waals surface area (Å²) >= 11 is 4.12. The highest BCUT2D eigenvalue weighted by Gasteiger charge is 2.37. The molecule has 1 aromatic carbocycles. The van der Waals surface area contributed by atoms with Crippen LogP contribution in [0.3, 0.4) is 0 Å². The summed E-state index contributed by atoms with van der Waals surface area (Å²) in [6, 6.07) is 6.59. The zero-order valence-corrected chi connectivity index (χ0v) is 11.0. The van der Waals surface area contributed by atoms with E-state index in [4.69, 9.17) is 26.3 Å². The van der Waals surface area contributed by atoms with E-state index in [1.807, 2.05) is 0 Å². The molecule has 0 saturated carbocycles. The smallest absolute Gasteiger partial charge is 0.249 e. The van der Waals surface area contributed by atoms with Crippen LogP contribution in [-0.4, -0.2) is 16.2 Å². The van der Waals surface area contributed by atoms with Gasteiger partial charge in [0.1, 0.15) is 0 Å². The maximum Gasteiger partial charge on any atom is 0.249 e. The fourth-order valence-electron chi connectivity index (χ4n) is 1.53. The Balaban J connectivity index is 2.23. The van der Waals surface area contributed by atoms with E-state index in [0.29, 0.717) is 10.6 Å². The molecule has 0 bridgehead atoms. The minimum atomic E-state index is -1.63. The molecule has 0 saturated heterocycles. The van der Waals surface area contributed by atoms with Crippen molar-refractivity contribution in [1.82, 2.24) is 0 Å². The fraction of sp³-hybridized carbons (Fsp3) is 0.182. The lowest BCUT2D eigenvalue weighted by Gasteiger charge is -2.09. The van der Waals surface area contributed by atoms with Gasteiger partial charge in [0.05, 0.1) is 0 Å². The molecule has 1 aromatic rings. The molecule has 1 aliphatic heterocycles. The quantitative estimate of drug-likeness (QED) is 0.909. The Hall–Kier alpha value is -1.53. The first-order valence-corrected chi connectivity index (χ1v) is 6.83. The van der Waals surface area contributed by atoms with Gasteiger partial charge in [-0.15, -0.1) is 0 Å². The summed E-state index contributed by atoms with van der Waals surface area (Å²) in [5, 5.41) is 0.552. The number of Topliss-reactive ketones (excluding diaryl/α,β-unsaturated/α-hetero) is 1. The Kier molecular flexibility index (Phi) is 3.58. The van der Waals surface area contributed by atoms with Crippen molar-refractivity contribution in [2.45, 2.75) is 6.10 Å². The monoisotopic (exact) mass is 287 g/mol. The maximum absolute atomic E-state index is 12.0. The molecule has 1 aliphatic rings. The van der Waals surface area contributed by atoms with Gasteiger partial charge in [-0.3, -0.25) is 4.79 Å². The molecule has 2 N–H and O–H groups in total. The van der Waals surface area contributed by atoms with Crippen LogP contribution in [0.15, 0.2) is 35.9 Å². The molecule has 0 aromatic heterocycles. The van der Waals surface area contributed by atoms with Gasteiger partial charge in [-0.05, 0) is 12.1 Å². The summed E-state index contributed by atoms with van der Waals surface area (Å²) in [6.07, 6.45) is 0.421. The summed E-state index contributed by atoms with van der Waals surface area (Å²) in [4.78, 5) is 12.0. The summed E-state index contributed by atoms with van der Waals surface area (Å²) < 4.78 is 21.0. The maximum atomic E-state index is 12.0. The molecule has 0 aliphatic carbocycles. The number of ether oxygens (including phenoxy) is 1. The summed E-state index contributed by atoms with van der Waals surface area (Å²) in [7, 11) is 0. The van der Waals surface area contributed by atoms with Gasteiger partial charge >= 0.3 is 0 Å². The van der Waals surface area contributed by atoms with E-state index in [1.165, 1.54) is 6.26 Å². The minimum absolute atomic E-state index is 0.157. The predicted octanol–water partition coefficient (Wildman–Crippen LogP) is 1.42. The highest BCUT2D eigenvalue weighted by atomic mass is 35.5. The molecule has 96 valence electrons. The molecule has 0 fully saturated rings. The first-order chi connectivity index (χ1) is 8.49. The summed E-state index contributed by atoms with van der Waals surface area (Å²) in [5.74, 6) is -0.809. The zero-order valence-electron chi connectivity index (χ0n) is 9.38. The van der Waals surface area contributed by atoms with Crippen molar-refractivity contribution >= 4 is 28.5 Å². The van der Waals surface area contributed by atoms with Gasteiger partial charge < -0.3 is 14.7 Å². The number of ketones is 1. The van der Waals surface area contributed by atoms with Crippen molar-refractivity contribution in [1.29, 1.82) is 0 Å². The Labute approximate surface area is 111 Å². The third-order valence-electron chi connectivity index (χ3n) is 2.30. The van der Waals surface area contributed by atoms with Crippen LogP contribution in [0, 0.1) is 0 Å².